The summed E-state index contributed by atoms with van der Waals surface area (Å²) in [5.41, 5.74) is 8.27. The fraction of sp³-hybridized carbons (Fsp3) is 0.178. The van der Waals surface area contributed by atoms with E-state index in [4.69, 9.17) is 14.7 Å². The van der Waals surface area contributed by atoms with Crippen molar-refractivity contribution in [2.24, 2.45) is 0 Å². The molecule has 1 N–H and O–H groups in total. The van der Waals surface area contributed by atoms with Crippen molar-refractivity contribution >= 4 is 10.8 Å². The van der Waals surface area contributed by atoms with E-state index in [0.29, 0.717) is 28.7 Å². The maximum absolute atomic E-state index is 11.0. The van der Waals surface area contributed by atoms with E-state index in [-0.39, 0.29) is 16.6 Å². The Labute approximate surface area is 294 Å². The molecule has 2 heterocycles. The molecule has 5 nitrogen and oxygen atoms in total. The number of nitrogens with zero attached hydrogens (tertiary/aromatic N) is 3. The summed E-state index contributed by atoms with van der Waals surface area (Å²) in [4.78, 5) is 14.6. The fourth-order valence-electron chi connectivity index (χ4n) is 6.13. The maximum atomic E-state index is 11.0. The molecule has 0 saturated carbocycles. The van der Waals surface area contributed by atoms with Crippen LogP contribution < -0.4 is 4.74 Å². The summed E-state index contributed by atoms with van der Waals surface area (Å²) in [6.07, 6.45) is 1.72. The molecule has 0 bridgehead atoms. The van der Waals surface area contributed by atoms with Crippen LogP contribution in [0.1, 0.15) is 52.7 Å². The minimum Gasteiger partial charge on any atom is -0.507 e. The SMILES string of the molecule is CC(C)(C)c1cc(-c2cc(-c3cc(Oc4ccccn4)cc(-c4cccc5ccccc45)c3)nc(-c3ccccc3O)n2)cc(C(C)(C)C)c1. The van der Waals surface area contributed by atoms with Gasteiger partial charge in [0, 0.05) is 23.4 Å². The van der Waals surface area contributed by atoms with Crippen molar-refractivity contribution in [1.82, 2.24) is 15.0 Å². The Morgan fingerprint density at radius 2 is 1.14 bits per heavy atom. The first-order valence-electron chi connectivity index (χ1n) is 17.0. The first-order chi connectivity index (χ1) is 23.9. The highest BCUT2D eigenvalue weighted by atomic mass is 16.5. The number of pyridine rings is 1. The molecule has 7 rings (SSSR count). The van der Waals surface area contributed by atoms with Crippen molar-refractivity contribution < 1.29 is 9.84 Å². The average Bonchev–Trinajstić information content (AvgIpc) is 3.11. The molecule has 0 atom stereocenters. The predicted octanol–water partition coefficient (Wildman–Crippen LogP) is 11.8. The van der Waals surface area contributed by atoms with Crippen LogP contribution in [0, 0.1) is 0 Å². The Bertz CT molecular complexity index is 2300. The number of ether oxygens (including phenoxy) is 1. The van der Waals surface area contributed by atoms with Gasteiger partial charge in [-0.25, -0.2) is 15.0 Å². The summed E-state index contributed by atoms with van der Waals surface area (Å²) in [6.45, 7) is 13.4. The van der Waals surface area contributed by atoms with E-state index in [0.717, 1.165) is 38.7 Å². The lowest BCUT2D eigenvalue weighted by molar-refractivity contribution is 0.463. The molecule has 0 unspecified atom stereocenters. The van der Waals surface area contributed by atoms with Gasteiger partial charge in [-0.05, 0) is 98.5 Å². The maximum Gasteiger partial charge on any atom is 0.219 e. The number of rotatable bonds is 6. The zero-order valence-electron chi connectivity index (χ0n) is 29.4. The first kappa shape index (κ1) is 32.7. The minimum atomic E-state index is -0.0725. The van der Waals surface area contributed by atoms with Crippen LogP contribution in [0.4, 0.5) is 0 Å². The molecular formula is C45H41N3O2. The molecule has 0 fully saturated rings. The van der Waals surface area contributed by atoms with Crippen LogP contribution in [0.2, 0.25) is 0 Å². The summed E-state index contributed by atoms with van der Waals surface area (Å²) in [6, 6.07) is 42.6. The summed E-state index contributed by atoms with van der Waals surface area (Å²) < 4.78 is 6.38. The first-order valence-corrected chi connectivity index (χ1v) is 17.0. The van der Waals surface area contributed by atoms with Crippen LogP contribution in [0.25, 0.3) is 55.8 Å². The van der Waals surface area contributed by atoms with Crippen molar-refractivity contribution in [3.8, 4) is 62.4 Å². The van der Waals surface area contributed by atoms with Gasteiger partial charge in [-0.1, -0.05) is 108 Å². The molecule has 0 saturated heterocycles. The summed E-state index contributed by atoms with van der Waals surface area (Å²) in [7, 11) is 0. The third kappa shape index (κ3) is 6.85. The number of fused-ring (bicyclic) bond motifs is 1. The molecular weight excluding hydrogens is 615 g/mol. The molecule has 2 aromatic heterocycles. The minimum absolute atomic E-state index is 0.0725. The number of aromatic hydroxyl groups is 1. The zero-order valence-corrected chi connectivity index (χ0v) is 29.4. The lowest BCUT2D eigenvalue weighted by atomic mass is 9.79. The molecule has 5 aromatic carbocycles. The summed E-state index contributed by atoms with van der Waals surface area (Å²) in [5, 5.41) is 13.3. The molecule has 0 aliphatic carbocycles. The van der Waals surface area contributed by atoms with Gasteiger partial charge in [0.1, 0.15) is 11.5 Å². The van der Waals surface area contributed by atoms with Gasteiger partial charge in [0.25, 0.3) is 0 Å². The van der Waals surface area contributed by atoms with E-state index in [9.17, 15) is 5.11 Å². The molecule has 50 heavy (non-hydrogen) atoms. The molecule has 0 radical (unpaired) electrons. The molecule has 248 valence electrons. The number of benzene rings is 5. The highest BCUT2D eigenvalue weighted by Gasteiger charge is 2.23. The van der Waals surface area contributed by atoms with Gasteiger partial charge in [-0.15, -0.1) is 0 Å². The van der Waals surface area contributed by atoms with Gasteiger partial charge in [-0.2, -0.15) is 0 Å². The van der Waals surface area contributed by atoms with Crippen LogP contribution in [0.15, 0.2) is 134 Å². The summed E-state index contributed by atoms with van der Waals surface area (Å²) in [5.74, 6) is 1.70. The molecule has 7 aromatic rings. The van der Waals surface area contributed by atoms with E-state index in [1.165, 1.54) is 11.1 Å². The number of hydrogen-bond donors (Lipinski definition) is 1. The van der Waals surface area contributed by atoms with Gasteiger partial charge >= 0.3 is 0 Å². The highest BCUT2D eigenvalue weighted by molar-refractivity contribution is 5.97. The van der Waals surface area contributed by atoms with Crippen molar-refractivity contribution in [2.45, 2.75) is 52.4 Å². The molecule has 0 spiro atoms. The smallest absolute Gasteiger partial charge is 0.219 e. The van der Waals surface area contributed by atoms with E-state index in [1.54, 1.807) is 18.3 Å². The third-order valence-electron chi connectivity index (χ3n) is 9.00. The Hall–Kier alpha value is -5.81. The van der Waals surface area contributed by atoms with Gasteiger partial charge in [-0.3, -0.25) is 0 Å². The lowest BCUT2D eigenvalue weighted by Gasteiger charge is -2.26. The lowest BCUT2D eigenvalue weighted by Crippen LogP contribution is -2.16. The van der Waals surface area contributed by atoms with Gasteiger partial charge < -0.3 is 9.84 Å². The number of aromatic nitrogens is 3. The topological polar surface area (TPSA) is 68.1 Å². The van der Waals surface area contributed by atoms with Gasteiger partial charge in [0.2, 0.25) is 5.88 Å². The Morgan fingerprint density at radius 3 is 1.82 bits per heavy atom. The monoisotopic (exact) mass is 655 g/mol. The third-order valence-corrected chi connectivity index (χ3v) is 9.00. The second-order valence-electron chi connectivity index (χ2n) is 14.8. The van der Waals surface area contributed by atoms with Crippen LogP contribution >= 0.6 is 0 Å². The molecule has 0 amide bonds. The Morgan fingerprint density at radius 1 is 0.540 bits per heavy atom. The molecule has 0 aliphatic heterocycles. The van der Waals surface area contributed by atoms with E-state index < -0.39 is 0 Å². The van der Waals surface area contributed by atoms with Crippen molar-refractivity contribution in [2.75, 3.05) is 0 Å². The Balaban J connectivity index is 1.49. The zero-order chi connectivity index (χ0) is 35.0. The normalized spacial score (nSPS) is 11.9. The quantitative estimate of drug-likeness (QED) is 0.193. The molecule has 0 aliphatic rings. The highest BCUT2D eigenvalue weighted by Crippen LogP contribution is 2.39. The number of phenols is 1. The standard InChI is InChI=1S/C45H41N3O2/c1-44(2,3)33-23-32(24-34(27-33)45(4,5)6)40-28-39(47-43(48-40)38-17-9-10-19-41(38)49)31-22-30(25-35(26-31)50-42-20-11-12-21-46-42)37-18-13-15-29-14-7-8-16-36(29)37/h7-28,49H,1-6H3. The van der Waals surface area contributed by atoms with Crippen molar-refractivity contribution in [3.63, 3.8) is 0 Å². The van der Waals surface area contributed by atoms with Crippen LogP contribution in [-0.4, -0.2) is 20.1 Å². The Kier molecular flexibility index (Phi) is 8.44. The number of hydrogen-bond acceptors (Lipinski definition) is 5. The largest absolute Gasteiger partial charge is 0.507 e. The van der Waals surface area contributed by atoms with Crippen LogP contribution in [-0.2, 0) is 10.8 Å². The van der Waals surface area contributed by atoms with E-state index in [1.807, 2.05) is 42.5 Å². The van der Waals surface area contributed by atoms with Crippen LogP contribution in [0.3, 0.4) is 0 Å². The summed E-state index contributed by atoms with van der Waals surface area (Å²) >= 11 is 0. The van der Waals surface area contributed by atoms with E-state index >= 15 is 0 Å². The van der Waals surface area contributed by atoms with Crippen LogP contribution in [0.5, 0.6) is 17.4 Å². The second kappa shape index (κ2) is 12.9. The number of phenolic OH excluding ortho intramolecular Hbond substituents is 1. The molecule has 5 heteroatoms. The second-order valence-corrected chi connectivity index (χ2v) is 14.8. The van der Waals surface area contributed by atoms with Crippen molar-refractivity contribution in [3.05, 3.63) is 145 Å². The predicted molar refractivity (Wildman–Crippen MR) is 205 cm³/mol. The average molecular weight is 656 g/mol. The fourth-order valence-corrected chi connectivity index (χ4v) is 6.13. The number of para-hydroxylation sites is 1. The van der Waals surface area contributed by atoms with E-state index in [2.05, 4.69) is 119 Å². The van der Waals surface area contributed by atoms with Gasteiger partial charge in [0.15, 0.2) is 5.82 Å². The van der Waals surface area contributed by atoms with Gasteiger partial charge in [0.05, 0.1) is 17.0 Å². The van der Waals surface area contributed by atoms with Crippen molar-refractivity contribution in [1.29, 1.82) is 0 Å².